The standard InChI is InChI=1S/C12H13NO7/c1-7(12(15)19-3)20-11-5-9(13(16)17)8(6-14)4-10(11)18-2/h4-7H,1-3H3/t7-/m1/s1. The van der Waals surface area contributed by atoms with Gasteiger partial charge in [-0.25, -0.2) is 4.79 Å². The van der Waals surface area contributed by atoms with Crippen LogP contribution in [0.25, 0.3) is 0 Å². The average molecular weight is 283 g/mol. The number of benzene rings is 1. The van der Waals surface area contributed by atoms with Crippen LogP contribution in [-0.2, 0) is 9.53 Å². The van der Waals surface area contributed by atoms with Crippen LogP contribution in [0.1, 0.15) is 17.3 Å². The third-order valence-corrected chi connectivity index (χ3v) is 2.47. The summed E-state index contributed by atoms with van der Waals surface area (Å²) in [6.07, 6.45) is -0.635. The van der Waals surface area contributed by atoms with Gasteiger partial charge in [-0.15, -0.1) is 0 Å². The molecule has 0 N–H and O–H groups in total. The third-order valence-electron chi connectivity index (χ3n) is 2.47. The highest BCUT2D eigenvalue weighted by Crippen LogP contribution is 2.34. The Bertz CT molecular complexity index is 541. The lowest BCUT2D eigenvalue weighted by Gasteiger charge is -2.15. The van der Waals surface area contributed by atoms with Crippen molar-refractivity contribution in [3.05, 3.63) is 27.8 Å². The Hall–Kier alpha value is -2.64. The van der Waals surface area contributed by atoms with Crippen molar-refractivity contribution < 1.29 is 28.7 Å². The van der Waals surface area contributed by atoms with Crippen molar-refractivity contribution in [3.8, 4) is 11.5 Å². The molecule has 20 heavy (non-hydrogen) atoms. The molecule has 1 aromatic carbocycles. The van der Waals surface area contributed by atoms with Crippen LogP contribution in [0.5, 0.6) is 11.5 Å². The zero-order valence-electron chi connectivity index (χ0n) is 11.1. The summed E-state index contributed by atoms with van der Waals surface area (Å²) in [6, 6.07) is 2.20. The summed E-state index contributed by atoms with van der Waals surface area (Å²) in [5, 5.41) is 10.9. The summed E-state index contributed by atoms with van der Waals surface area (Å²) in [5.74, 6) is -0.565. The van der Waals surface area contributed by atoms with Crippen molar-refractivity contribution >= 4 is 17.9 Å². The molecule has 0 aliphatic heterocycles. The minimum Gasteiger partial charge on any atom is -0.493 e. The fraction of sp³-hybridized carbons (Fsp3) is 0.333. The summed E-state index contributed by atoms with van der Waals surface area (Å²) in [5.41, 5.74) is -0.585. The fourth-order valence-electron chi connectivity index (χ4n) is 1.47. The highest BCUT2D eigenvalue weighted by atomic mass is 16.6. The van der Waals surface area contributed by atoms with Crippen LogP contribution in [0.4, 0.5) is 5.69 Å². The Morgan fingerprint density at radius 1 is 1.35 bits per heavy atom. The fourth-order valence-corrected chi connectivity index (χ4v) is 1.47. The first-order valence-corrected chi connectivity index (χ1v) is 5.50. The average Bonchev–Trinajstić information content (AvgIpc) is 2.45. The summed E-state index contributed by atoms with van der Waals surface area (Å²) in [4.78, 5) is 32.2. The number of carbonyl (C=O) groups excluding carboxylic acids is 2. The zero-order valence-corrected chi connectivity index (χ0v) is 11.1. The van der Waals surface area contributed by atoms with Crippen molar-refractivity contribution in [1.82, 2.24) is 0 Å². The topological polar surface area (TPSA) is 105 Å². The first-order chi connectivity index (χ1) is 9.44. The smallest absolute Gasteiger partial charge is 0.346 e. The monoisotopic (exact) mass is 283 g/mol. The summed E-state index contributed by atoms with van der Waals surface area (Å²) in [6.45, 7) is 1.42. The van der Waals surface area contributed by atoms with Crippen LogP contribution in [0.15, 0.2) is 12.1 Å². The molecule has 0 amide bonds. The molecule has 0 aliphatic rings. The van der Waals surface area contributed by atoms with E-state index in [4.69, 9.17) is 9.47 Å². The van der Waals surface area contributed by atoms with Crippen LogP contribution in [0.2, 0.25) is 0 Å². The van der Waals surface area contributed by atoms with Crippen LogP contribution in [0.3, 0.4) is 0 Å². The van der Waals surface area contributed by atoms with Gasteiger partial charge in [-0.1, -0.05) is 0 Å². The number of nitro benzene ring substituents is 1. The Kier molecular flexibility index (Phi) is 5.01. The molecule has 0 aliphatic carbocycles. The third kappa shape index (κ3) is 3.22. The number of ether oxygens (including phenoxy) is 3. The lowest BCUT2D eigenvalue weighted by molar-refractivity contribution is -0.385. The largest absolute Gasteiger partial charge is 0.493 e. The number of hydrogen-bond acceptors (Lipinski definition) is 7. The number of aldehydes is 1. The summed E-state index contributed by atoms with van der Waals surface area (Å²) in [7, 11) is 2.50. The lowest BCUT2D eigenvalue weighted by atomic mass is 10.1. The van der Waals surface area contributed by atoms with E-state index in [0.29, 0.717) is 6.29 Å². The van der Waals surface area contributed by atoms with Crippen LogP contribution in [-0.4, -0.2) is 37.5 Å². The Morgan fingerprint density at radius 2 is 2.00 bits per heavy atom. The Morgan fingerprint density at radius 3 is 2.45 bits per heavy atom. The zero-order chi connectivity index (χ0) is 15.3. The van der Waals surface area contributed by atoms with Gasteiger partial charge in [0.2, 0.25) is 0 Å². The van der Waals surface area contributed by atoms with E-state index < -0.39 is 22.7 Å². The molecule has 0 fully saturated rings. The molecule has 0 unspecified atom stereocenters. The van der Waals surface area contributed by atoms with Crippen LogP contribution in [0, 0.1) is 10.1 Å². The van der Waals surface area contributed by atoms with Crippen molar-refractivity contribution in [1.29, 1.82) is 0 Å². The number of rotatable bonds is 6. The lowest BCUT2D eigenvalue weighted by Crippen LogP contribution is -2.25. The Labute approximate surface area is 114 Å². The number of methoxy groups -OCH3 is 2. The minimum absolute atomic E-state index is 0.0253. The molecule has 0 aromatic heterocycles. The van der Waals surface area contributed by atoms with E-state index in [9.17, 15) is 19.7 Å². The molecular weight excluding hydrogens is 270 g/mol. The number of esters is 1. The molecule has 0 heterocycles. The Balaban J connectivity index is 3.24. The summed E-state index contributed by atoms with van der Waals surface area (Å²) >= 11 is 0. The number of carbonyl (C=O) groups is 2. The molecule has 8 heteroatoms. The van der Waals surface area contributed by atoms with E-state index in [1.54, 1.807) is 0 Å². The SMILES string of the molecule is COC(=O)[C@@H](C)Oc1cc([N+](=O)[O-])c(C=O)cc1OC. The van der Waals surface area contributed by atoms with Gasteiger partial charge in [0.25, 0.3) is 5.69 Å². The maximum Gasteiger partial charge on any atom is 0.346 e. The normalized spacial score (nSPS) is 11.3. The molecule has 0 radical (unpaired) electrons. The van der Waals surface area contributed by atoms with E-state index in [0.717, 1.165) is 6.07 Å². The van der Waals surface area contributed by atoms with E-state index in [-0.39, 0.29) is 17.1 Å². The van der Waals surface area contributed by atoms with Crippen molar-refractivity contribution in [2.75, 3.05) is 14.2 Å². The van der Waals surface area contributed by atoms with Gasteiger partial charge < -0.3 is 14.2 Å². The van der Waals surface area contributed by atoms with Crippen LogP contribution >= 0.6 is 0 Å². The van der Waals surface area contributed by atoms with Gasteiger partial charge in [-0.3, -0.25) is 14.9 Å². The molecule has 1 atom stereocenters. The van der Waals surface area contributed by atoms with Gasteiger partial charge in [0.05, 0.1) is 30.8 Å². The molecule has 0 bridgehead atoms. The maximum atomic E-state index is 11.3. The second-order valence-corrected chi connectivity index (χ2v) is 3.72. The van der Waals surface area contributed by atoms with E-state index in [1.807, 2.05) is 0 Å². The molecule has 1 rings (SSSR count). The first-order valence-electron chi connectivity index (χ1n) is 5.50. The highest BCUT2D eigenvalue weighted by Gasteiger charge is 2.23. The summed E-state index contributed by atoms with van der Waals surface area (Å²) < 4.78 is 14.7. The maximum absolute atomic E-state index is 11.3. The quantitative estimate of drug-likeness (QED) is 0.336. The highest BCUT2D eigenvalue weighted by molar-refractivity contribution is 5.83. The molecule has 108 valence electrons. The number of nitrogens with zero attached hydrogens (tertiary/aromatic N) is 1. The predicted molar refractivity (Wildman–Crippen MR) is 67.1 cm³/mol. The van der Waals surface area contributed by atoms with Gasteiger partial charge >= 0.3 is 5.97 Å². The van der Waals surface area contributed by atoms with Gasteiger partial charge in [-0.05, 0) is 6.92 Å². The van der Waals surface area contributed by atoms with E-state index in [2.05, 4.69) is 4.74 Å². The van der Waals surface area contributed by atoms with Crippen molar-refractivity contribution in [3.63, 3.8) is 0 Å². The molecule has 0 saturated carbocycles. The minimum atomic E-state index is -0.976. The molecular formula is C12H13NO7. The molecule has 0 saturated heterocycles. The first kappa shape index (κ1) is 15.4. The molecule has 1 aromatic rings. The van der Waals surface area contributed by atoms with Gasteiger partial charge in [0.1, 0.15) is 0 Å². The van der Waals surface area contributed by atoms with Crippen molar-refractivity contribution in [2.45, 2.75) is 13.0 Å². The molecule has 0 spiro atoms. The van der Waals surface area contributed by atoms with E-state index in [1.165, 1.54) is 27.2 Å². The second-order valence-electron chi connectivity index (χ2n) is 3.72. The number of nitro groups is 1. The second kappa shape index (κ2) is 6.50. The predicted octanol–water partition coefficient (Wildman–Crippen LogP) is 1.36. The molecule has 8 nitrogen and oxygen atoms in total. The van der Waals surface area contributed by atoms with Crippen molar-refractivity contribution in [2.24, 2.45) is 0 Å². The van der Waals surface area contributed by atoms with E-state index >= 15 is 0 Å². The van der Waals surface area contributed by atoms with Gasteiger partial charge in [-0.2, -0.15) is 0 Å². The number of hydrogen-bond donors (Lipinski definition) is 0. The van der Waals surface area contributed by atoms with Gasteiger partial charge in [0.15, 0.2) is 23.9 Å². The van der Waals surface area contributed by atoms with Gasteiger partial charge in [0, 0.05) is 6.07 Å². The van der Waals surface area contributed by atoms with Crippen LogP contribution < -0.4 is 9.47 Å².